The van der Waals surface area contributed by atoms with E-state index in [0.717, 1.165) is 56.1 Å². The van der Waals surface area contributed by atoms with Crippen LogP contribution in [-0.2, 0) is 13.0 Å². The molecule has 0 saturated carbocycles. The minimum Gasteiger partial charge on any atom is -0.494 e. The van der Waals surface area contributed by atoms with Gasteiger partial charge in [0.15, 0.2) is 5.78 Å². The van der Waals surface area contributed by atoms with Gasteiger partial charge in [0.05, 0.1) is 27.2 Å². The maximum atomic E-state index is 13.2. The van der Waals surface area contributed by atoms with Crippen molar-refractivity contribution in [1.82, 2.24) is 4.90 Å². The number of rotatable bonds is 14. The Balaban J connectivity index is 1.09. The zero-order valence-corrected chi connectivity index (χ0v) is 24.1. The molecule has 0 atom stereocenters. The van der Waals surface area contributed by atoms with Crippen LogP contribution >= 0.6 is 34.5 Å². The third-order valence-electron chi connectivity index (χ3n) is 7.09. The number of ether oxygens (including phenoxy) is 1. The van der Waals surface area contributed by atoms with Crippen LogP contribution in [0.15, 0.2) is 42.5 Å². The summed E-state index contributed by atoms with van der Waals surface area (Å²) in [5.41, 5.74) is 15.1. The van der Waals surface area contributed by atoms with Crippen molar-refractivity contribution in [3.05, 3.63) is 74.1 Å². The molecule has 0 amide bonds. The van der Waals surface area contributed by atoms with Crippen LogP contribution < -0.4 is 16.2 Å². The van der Waals surface area contributed by atoms with Crippen molar-refractivity contribution in [1.29, 1.82) is 0 Å². The number of fused-ring (bicyclic) bond motifs is 1. The number of unbranched alkanes of at least 4 members (excludes halogenated alkanes) is 7. The number of thiophene rings is 1. The van der Waals surface area contributed by atoms with Crippen molar-refractivity contribution in [3.8, 4) is 5.75 Å². The summed E-state index contributed by atoms with van der Waals surface area (Å²) >= 11 is 13.7. The predicted octanol–water partition coefficient (Wildman–Crippen LogP) is 8.01. The molecule has 4 N–H and O–H groups in total. The zero-order valence-electron chi connectivity index (χ0n) is 21.8. The lowest BCUT2D eigenvalue weighted by Gasteiger charge is -2.27. The van der Waals surface area contributed by atoms with Gasteiger partial charge >= 0.3 is 0 Å². The lowest BCUT2D eigenvalue weighted by molar-refractivity contribution is 0.103. The average molecular weight is 575 g/mol. The van der Waals surface area contributed by atoms with Gasteiger partial charge in [-0.15, -0.1) is 11.3 Å². The molecule has 0 fully saturated rings. The highest BCUT2D eigenvalue weighted by molar-refractivity contribution is 7.16. The minimum atomic E-state index is -0.0682. The summed E-state index contributed by atoms with van der Waals surface area (Å²) < 4.78 is 5.76. The SMILES string of the molecule is Nc1ccc(OCCCCCCCCCCN2CCc3c(sc(N)c3C(=O)c3ccc(Cl)c(Cl)c3)C2)cc1. The van der Waals surface area contributed by atoms with E-state index < -0.39 is 0 Å². The van der Waals surface area contributed by atoms with Crippen molar-refractivity contribution in [2.24, 2.45) is 0 Å². The van der Waals surface area contributed by atoms with Gasteiger partial charge in [-0.25, -0.2) is 0 Å². The van der Waals surface area contributed by atoms with Crippen molar-refractivity contribution < 1.29 is 9.53 Å². The number of nitrogens with zero attached hydrogens (tertiary/aromatic N) is 1. The molecule has 1 aliphatic rings. The first-order chi connectivity index (χ1) is 18.4. The molecule has 0 radical (unpaired) electrons. The number of anilines is 2. The van der Waals surface area contributed by atoms with E-state index in [1.54, 1.807) is 29.5 Å². The van der Waals surface area contributed by atoms with Gasteiger partial charge in [0.25, 0.3) is 0 Å². The molecule has 38 heavy (non-hydrogen) atoms. The van der Waals surface area contributed by atoms with Crippen LogP contribution in [-0.4, -0.2) is 30.4 Å². The maximum Gasteiger partial charge on any atom is 0.196 e. The van der Waals surface area contributed by atoms with Crippen molar-refractivity contribution in [2.45, 2.75) is 64.3 Å². The summed E-state index contributed by atoms with van der Waals surface area (Å²) in [6.07, 6.45) is 10.8. The second-order valence-corrected chi connectivity index (χ2v) is 11.9. The largest absolute Gasteiger partial charge is 0.494 e. The number of hydrogen-bond acceptors (Lipinski definition) is 6. The number of carbonyl (C=O) groups is 1. The van der Waals surface area contributed by atoms with Crippen molar-refractivity contribution in [3.63, 3.8) is 0 Å². The fraction of sp³-hybridized carbons (Fsp3) is 0.433. The quantitative estimate of drug-likeness (QED) is 0.116. The van der Waals surface area contributed by atoms with Gasteiger partial charge in [0.1, 0.15) is 5.75 Å². The molecule has 0 unspecified atom stereocenters. The molecular weight excluding hydrogens is 537 g/mol. The Kier molecular flexibility index (Phi) is 10.8. The Bertz CT molecular complexity index is 1210. The van der Waals surface area contributed by atoms with E-state index in [2.05, 4.69) is 4.90 Å². The number of nitrogen functional groups attached to an aromatic ring is 2. The maximum absolute atomic E-state index is 13.2. The van der Waals surface area contributed by atoms with E-state index in [-0.39, 0.29) is 5.78 Å². The second-order valence-electron chi connectivity index (χ2n) is 9.97. The van der Waals surface area contributed by atoms with Crippen LogP contribution in [0.2, 0.25) is 10.0 Å². The number of ketones is 1. The Morgan fingerprint density at radius 2 is 1.58 bits per heavy atom. The van der Waals surface area contributed by atoms with Crippen LogP contribution in [0, 0.1) is 0 Å². The standard InChI is InChI=1S/C30H37Cl2N3O2S/c31-25-14-9-21(19-26(25)32)29(36)28-24-15-17-35(20-27(24)38-30(28)34)16-7-5-3-1-2-4-6-8-18-37-23-12-10-22(33)11-13-23/h9-14,19H,1-8,15-18,20,33-34H2. The van der Waals surface area contributed by atoms with Gasteiger partial charge in [0, 0.05) is 29.2 Å². The normalized spacial score (nSPS) is 13.4. The van der Waals surface area contributed by atoms with Crippen molar-refractivity contribution in [2.75, 3.05) is 31.2 Å². The first-order valence-corrected chi connectivity index (χ1v) is 15.1. The number of nitrogens with two attached hydrogens (primary N) is 2. The molecular formula is C30H37Cl2N3O2S. The highest BCUT2D eigenvalue weighted by Crippen LogP contribution is 2.37. The Morgan fingerprint density at radius 1 is 0.895 bits per heavy atom. The summed E-state index contributed by atoms with van der Waals surface area (Å²) in [5, 5.41) is 1.42. The summed E-state index contributed by atoms with van der Waals surface area (Å²) in [7, 11) is 0. The minimum absolute atomic E-state index is 0.0682. The van der Waals surface area contributed by atoms with Crippen LogP contribution in [0.25, 0.3) is 0 Å². The lowest BCUT2D eigenvalue weighted by atomic mass is 9.96. The molecule has 0 aliphatic carbocycles. The summed E-state index contributed by atoms with van der Waals surface area (Å²) in [6.45, 7) is 3.69. The number of carbonyl (C=O) groups excluding carboxylic acids is 1. The van der Waals surface area contributed by atoms with Crippen LogP contribution in [0.5, 0.6) is 5.75 Å². The van der Waals surface area contributed by atoms with E-state index in [1.807, 2.05) is 24.3 Å². The second kappa shape index (κ2) is 14.2. The molecule has 8 heteroatoms. The molecule has 4 rings (SSSR count). The van der Waals surface area contributed by atoms with E-state index in [4.69, 9.17) is 39.4 Å². The van der Waals surface area contributed by atoms with Gasteiger partial charge in [-0.2, -0.15) is 0 Å². The van der Waals surface area contributed by atoms with Crippen LogP contribution in [0.3, 0.4) is 0 Å². The van der Waals surface area contributed by atoms with E-state index in [9.17, 15) is 4.79 Å². The molecule has 1 aliphatic heterocycles. The third-order valence-corrected chi connectivity index (χ3v) is 8.87. The summed E-state index contributed by atoms with van der Waals surface area (Å²) in [6, 6.07) is 12.6. The van der Waals surface area contributed by atoms with E-state index in [1.165, 1.54) is 49.8 Å². The molecule has 204 valence electrons. The average Bonchev–Trinajstić information content (AvgIpc) is 3.24. The Hall–Kier alpha value is -2.25. The molecule has 2 heterocycles. The van der Waals surface area contributed by atoms with Gasteiger partial charge in [-0.3, -0.25) is 9.69 Å². The van der Waals surface area contributed by atoms with Crippen LogP contribution in [0.1, 0.15) is 77.7 Å². The molecule has 5 nitrogen and oxygen atoms in total. The fourth-order valence-electron chi connectivity index (χ4n) is 4.95. The first-order valence-electron chi connectivity index (χ1n) is 13.5. The highest BCUT2D eigenvalue weighted by Gasteiger charge is 2.27. The molecule has 3 aromatic rings. The van der Waals surface area contributed by atoms with Crippen molar-refractivity contribution >= 4 is 51.0 Å². The van der Waals surface area contributed by atoms with Crippen LogP contribution in [0.4, 0.5) is 10.7 Å². The van der Waals surface area contributed by atoms with E-state index in [0.29, 0.717) is 26.2 Å². The number of halogens is 2. The lowest BCUT2D eigenvalue weighted by Crippen LogP contribution is -2.31. The highest BCUT2D eigenvalue weighted by atomic mass is 35.5. The monoisotopic (exact) mass is 573 g/mol. The number of hydrogen-bond donors (Lipinski definition) is 2. The van der Waals surface area contributed by atoms with Gasteiger partial charge in [0.2, 0.25) is 0 Å². The first kappa shape index (κ1) is 28.8. The Labute approximate surface area is 240 Å². The summed E-state index contributed by atoms with van der Waals surface area (Å²) in [4.78, 5) is 16.9. The smallest absolute Gasteiger partial charge is 0.196 e. The fourth-order valence-corrected chi connectivity index (χ4v) is 6.41. The summed E-state index contributed by atoms with van der Waals surface area (Å²) in [5.74, 6) is 0.824. The topological polar surface area (TPSA) is 81.6 Å². The molecule has 2 aromatic carbocycles. The molecule has 0 bridgehead atoms. The molecule has 0 saturated heterocycles. The molecule has 1 aromatic heterocycles. The van der Waals surface area contributed by atoms with Gasteiger partial charge < -0.3 is 16.2 Å². The number of benzene rings is 2. The van der Waals surface area contributed by atoms with Gasteiger partial charge in [-0.05, 0) is 73.8 Å². The zero-order chi connectivity index (χ0) is 26.9. The predicted molar refractivity (Wildman–Crippen MR) is 161 cm³/mol. The van der Waals surface area contributed by atoms with E-state index >= 15 is 0 Å². The Morgan fingerprint density at radius 3 is 2.29 bits per heavy atom. The molecule has 0 spiro atoms. The van der Waals surface area contributed by atoms with Gasteiger partial charge in [-0.1, -0.05) is 61.7 Å². The third kappa shape index (κ3) is 7.89.